The van der Waals surface area contributed by atoms with Crippen LogP contribution in [-0.4, -0.2) is 24.9 Å². The lowest BCUT2D eigenvalue weighted by molar-refractivity contribution is 0.144. The van der Waals surface area contributed by atoms with Crippen LogP contribution in [0.4, 0.5) is 0 Å². The van der Waals surface area contributed by atoms with E-state index in [9.17, 15) is 5.11 Å². The fourth-order valence-electron chi connectivity index (χ4n) is 1.71. The Kier molecular flexibility index (Phi) is 2.79. The molecule has 0 saturated carbocycles. The zero-order chi connectivity index (χ0) is 10.8. The summed E-state index contributed by atoms with van der Waals surface area (Å²) in [6, 6.07) is 5.10. The molecule has 1 heterocycles. The molecule has 1 aromatic rings. The lowest BCUT2D eigenvalue weighted by atomic mass is 10.0. The highest BCUT2D eigenvalue weighted by atomic mass is 16.5. The average Bonchev–Trinajstić information content (AvgIpc) is 2.40. The first-order chi connectivity index (χ1) is 7.22. The van der Waals surface area contributed by atoms with Gasteiger partial charge >= 0.3 is 0 Å². The van der Waals surface area contributed by atoms with Gasteiger partial charge in [0.25, 0.3) is 0 Å². The lowest BCUT2D eigenvalue weighted by Gasteiger charge is -2.16. The molecule has 2 atom stereocenters. The van der Waals surface area contributed by atoms with Gasteiger partial charge in [0, 0.05) is 11.6 Å². The normalized spacial score (nSPS) is 25.0. The highest BCUT2D eigenvalue weighted by Gasteiger charge is 2.24. The number of methoxy groups -OCH3 is 1. The van der Waals surface area contributed by atoms with Crippen LogP contribution in [-0.2, 0) is 0 Å². The number of fused-ring (bicyclic) bond motifs is 1. The van der Waals surface area contributed by atoms with Gasteiger partial charge < -0.3 is 20.3 Å². The SMILES string of the molecule is COc1ccc2c(c1)[C@H](O)[C@@H](N)CCO2. The van der Waals surface area contributed by atoms with Gasteiger partial charge in [0.05, 0.1) is 19.8 Å². The van der Waals surface area contributed by atoms with Crippen molar-refractivity contribution in [2.75, 3.05) is 13.7 Å². The maximum absolute atomic E-state index is 9.97. The Bertz CT molecular complexity index is 354. The molecule has 4 heteroatoms. The first kappa shape index (κ1) is 10.3. The number of benzene rings is 1. The average molecular weight is 209 g/mol. The number of aliphatic hydroxyl groups excluding tert-OH is 1. The van der Waals surface area contributed by atoms with E-state index >= 15 is 0 Å². The largest absolute Gasteiger partial charge is 0.497 e. The molecule has 0 unspecified atom stereocenters. The van der Waals surface area contributed by atoms with E-state index in [4.69, 9.17) is 15.2 Å². The molecular weight excluding hydrogens is 194 g/mol. The molecule has 0 aliphatic carbocycles. The zero-order valence-corrected chi connectivity index (χ0v) is 8.64. The summed E-state index contributed by atoms with van der Waals surface area (Å²) in [6.07, 6.45) is -0.0318. The molecule has 0 bridgehead atoms. The van der Waals surface area contributed by atoms with Gasteiger partial charge in [-0.2, -0.15) is 0 Å². The summed E-state index contributed by atoms with van der Waals surface area (Å²) in [5, 5.41) is 9.97. The van der Waals surface area contributed by atoms with Crippen LogP contribution in [0.5, 0.6) is 11.5 Å². The molecule has 0 radical (unpaired) electrons. The summed E-state index contributed by atoms with van der Waals surface area (Å²) >= 11 is 0. The number of ether oxygens (including phenoxy) is 2. The molecule has 2 rings (SSSR count). The quantitative estimate of drug-likeness (QED) is 0.719. The van der Waals surface area contributed by atoms with E-state index in [1.807, 2.05) is 6.07 Å². The van der Waals surface area contributed by atoms with Crippen LogP contribution in [0.25, 0.3) is 0 Å². The molecule has 0 fully saturated rings. The molecule has 0 saturated heterocycles. The Morgan fingerprint density at radius 1 is 1.53 bits per heavy atom. The van der Waals surface area contributed by atoms with Gasteiger partial charge in [-0.15, -0.1) is 0 Å². The molecule has 0 amide bonds. The molecule has 15 heavy (non-hydrogen) atoms. The second-order valence-corrected chi connectivity index (χ2v) is 3.65. The predicted octanol–water partition coefficient (Wildman–Crippen LogP) is 0.838. The Morgan fingerprint density at radius 2 is 2.33 bits per heavy atom. The second-order valence-electron chi connectivity index (χ2n) is 3.65. The van der Waals surface area contributed by atoms with Gasteiger partial charge in [-0.25, -0.2) is 0 Å². The standard InChI is InChI=1S/C11H15NO3/c1-14-7-2-3-10-8(6-7)11(13)9(12)4-5-15-10/h2-3,6,9,11,13H,4-5,12H2,1H3/t9-,11-/m0/s1. The summed E-state index contributed by atoms with van der Waals surface area (Å²) in [7, 11) is 1.59. The minimum atomic E-state index is -0.683. The van der Waals surface area contributed by atoms with Crippen LogP contribution < -0.4 is 15.2 Å². The van der Waals surface area contributed by atoms with Crippen molar-refractivity contribution in [1.29, 1.82) is 0 Å². The number of aliphatic hydroxyl groups is 1. The Labute approximate surface area is 88.6 Å². The van der Waals surface area contributed by atoms with E-state index in [1.165, 1.54) is 0 Å². The monoisotopic (exact) mass is 209 g/mol. The van der Waals surface area contributed by atoms with Crippen molar-refractivity contribution in [3.05, 3.63) is 23.8 Å². The van der Waals surface area contributed by atoms with Crippen LogP contribution in [0.3, 0.4) is 0 Å². The Morgan fingerprint density at radius 3 is 3.07 bits per heavy atom. The van der Waals surface area contributed by atoms with Crippen LogP contribution in [0.15, 0.2) is 18.2 Å². The van der Waals surface area contributed by atoms with Gasteiger partial charge in [-0.1, -0.05) is 0 Å². The van der Waals surface area contributed by atoms with E-state index in [1.54, 1.807) is 19.2 Å². The lowest BCUT2D eigenvalue weighted by Crippen LogP contribution is -2.28. The number of hydrogen-bond acceptors (Lipinski definition) is 4. The van der Waals surface area contributed by atoms with Gasteiger partial charge in [-0.3, -0.25) is 0 Å². The van der Waals surface area contributed by atoms with Crippen molar-refractivity contribution in [2.24, 2.45) is 5.73 Å². The van der Waals surface area contributed by atoms with E-state index in [-0.39, 0.29) is 6.04 Å². The number of hydrogen-bond donors (Lipinski definition) is 2. The van der Waals surface area contributed by atoms with Crippen molar-refractivity contribution in [3.63, 3.8) is 0 Å². The van der Waals surface area contributed by atoms with Crippen molar-refractivity contribution < 1.29 is 14.6 Å². The van der Waals surface area contributed by atoms with Crippen molar-refractivity contribution in [2.45, 2.75) is 18.6 Å². The third-order valence-corrected chi connectivity index (χ3v) is 2.65. The van der Waals surface area contributed by atoms with E-state index in [2.05, 4.69) is 0 Å². The first-order valence-corrected chi connectivity index (χ1v) is 4.96. The molecule has 3 N–H and O–H groups in total. The van der Waals surface area contributed by atoms with Crippen LogP contribution in [0.2, 0.25) is 0 Å². The molecule has 82 valence electrons. The third-order valence-electron chi connectivity index (χ3n) is 2.65. The molecule has 4 nitrogen and oxygen atoms in total. The second kappa shape index (κ2) is 4.08. The van der Waals surface area contributed by atoms with Gasteiger partial charge in [0.2, 0.25) is 0 Å². The van der Waals surface area contributed by atoms with Crippen LogP contribution in [0.1, 0.15) is 18.1 Å². The number of rotatable bonds is 1. The molecule has 0 aromatic heterocycles. The molecule has 1 aliphatic heterocycles. The summed E-state index contributed by atoms with van der Waals surface area (Å²) in [4.78, 5) is 0. The minimum Gasteiger partial charge on any atom is -0.497 e. The van der Waals surface area contributed by atoms with Gasteiger partial charge in [0.15, 0.2) is 0 Å². The van der Waals surface area contributed by atoms with E-state index < -0.39 is 6.10 Å². The highest BCUT2D eigenvalue weighted by Crippen LogP contribution is 2.33. The Balaban J connectivity index is 2.41. The molecule has 1 aliphatic rings. The van der Waals surface area contributed by atoms with Crippen molar-refractivity contribution >= 4 is 0 Å². The molecule has 0 spiro atoms. The zero-order valence-electron chi connectivity index (χ0n) is 8.64. The first-order valence-electron chi connectivity index (χ1n) is 4.96. The fourth-order valence-corrected chi connectivity index (χ4v) is 1.71. The summed E-state index contributed by atoms with van der Waals surface area (Å²) in [5.74, 6) is 1.39. The van der Waals surface area contributed by atoms with Crippen molar-refractivity contribution in [1.82, 2.24) is 0 Å². The summed E-state index contributed by atoms with van der Waals surface area (Å²) in [5.41, 5.74) is 6.52. The number of nitrogens with two attached hydrogens (primary N) is 1. The van der Waals surface area contributed by atoms with Crippen molar-refractivity contribution in [3.8, 4) is 11.5 Å². The van der Waals surface area contributed by atoms with Crippen LogP contribution in [0, 0.1) is 0 Å². The van der Waals surface area contributed by atoms with E-state index in [0.717, 1.165) is 0 Å². The molecule has 1 aromatic carbocycles. The predicted molar refractivity (Wildman–Crippen MR) is 56.0 cm³/mol. The smallest absolute Gasteiger partial charge is 0.125 e. The van der Waals surface area contributed by atoms with E-state index in [0.29, 0.717) is 30.1 Å². The van der Waals surface area contributed by atoms with Gasteiger partial charge in [0.1, 0.15) is 11.5 Å². The maximum atomic E-state index is 9.97. The minimum absolute atomic E-state index is 0.279. The van der Waals surface area contributed by atoms with Gasteiger partial charge in [-0.05, 0) is 24.6 Å². The molecular formula is C11H15NO3. The Hall–Kier alpha value is -1.26. The third kappa shape index (κ3) is 1.91. The maximum Gasteiger partial charge on any atom is 0.125 e. The van der Waals surface area contributed by atoms with Crippen LogP contribution >= 0.6 is 0 Å². The highest BCUT2D eigenvalue weighted by molar-refractivity contribution is 5.42. The fraction of sp³-hybridized carbons (Fsp3) is 0.455. The summed E-state index contributed by atoms with van der Waals surface area (Å²) < 4.78 is 10.6. The topological polar surface area (TPSA) is 64.7 Å². The summed E-state index contributed by atoms with van der Waals surface area (Å²) in [6.45, 7) is 0.539.